The fraction of sp³-hybridized carbons (Fsp3) is 0.200. The van der Waals surface area contributed by atoms with Gasteiger partial charge in [0, 0.05) is 29.9 Å². The Bertz CT molecular complexity index is 1350. The van der Waals surface area contributed by atoms with Gasteiger partial charge in [0.2, 0.25) is 10.0 Å². The second kappa shape index (κ2) is 8.53. The topological polar surface area (TPSA) is 70.0 Å². The second-order valence-electron chi connectivity index (χ2n) is 8.10. The van der Waals surface area contributed by atoms with Crippen molar-refractivity contribution in [1.82, 2.24) is 4.31 Å². The molecule has 1 saturated heterocycles. The van der Waals surface area contributed by atoms with E-state index in [2.05, 4.69) is 4.99 Å². The summed E-state index contributed by atoms with van der Waals surface area (Å²) in [4.78, 5) is 19.5. The van der Waals surface area contributed by atoms with Gasteiger partial charge in [-0.05, 0) is 60.9 Å². The first kappa shape index (κ1) is 21.5. The number of sulfonamides is 1. The molecule has 0 aromatic heterocycles. The van der Waals surface area contributed by atoms with Crippen molar-refractivity contribution >= 4 is 27.5 Å². The fourth-order valence-electron chi connectivity index (χ4n) is 4.25. The van der Waals surface area contributed by atoms with E-state index < -0.39 is 15.9 Å². The zero-order valence-corrected chi connectivity index (χ0v) is 18.6. The normalized spacial score (nSPS) is 17.5. The average molecular weight is 464 g/mol. The Kier molecular flexibility index (Phi) is 5.55. The number of rotatable bonds is 4. The van der Waals surface area contributed by atoms with Gasteiger partial charge in [0.15, 0.2) is 0 Å². The quantitative estimate of drug-likeness (QED) is 0.581. The van der Waals surface area contributed by atoms with E-state index in [0.29, 0.717) is 31.2 Å². The molecule has 0 bridgehead atoms. The molecule has 3 aromatic rings. The van der Waals surface area contributed by atoms with Crippen LogP contribution < -0.4 is 4.90 Å². The third kappa shape index (κ3) is 4.07. The molecule has 1 fully saturated rings. The molecule has 2 aliphatic heterocycles. The SMILES string of the molecule is O=C(N=C1c2ccccc2CN1c1ccc(F)cc1)c1cccc(S(=O)(=O)N2CCCC2)c1. The molecular formula is C25H22FN3O3S. The Morgan fingerprint density at radius 2 is 1.64 bits per heavy atom. The molecule has 0 atom stereocenters. The van der Waals surface area contributed by atoms with E-state index in [1.165, 1.54) is 28.6 Å². The number of aliphatic imine (C=N–C) groups is 1. The number of benzene rings is 3. The number of carbonyl (C=O) groups is 1. The van der Waals surface area contributed by atoms with Gasteiger partial charge in [-0.2, -0.15) is 9.30 Å². The van der Waals surface area contributed by atoms with E-state index in [1.807, 2.05) is 29.2 Å². The summed E-state index contributed by atoms with van der Waals surface area (Å²) in [6.07, 6.45) is 1.67. The van der Waals surface area contributed by atoms with Crippen molar-refractivity contribution in [1.29, 1.82) is 0 Å². The van der Waals surface area contributed by atoms with Crippen molar-refractivity contribution in [3.8, 4) is 0 Å². The lowest BCUT2D eigenvalue weighted by molar-refractivity contribution is 0.100. The van der Waals surface area contributed by atoms with Crippen LogP contribution in [0.3, 0.4) is 0 Å². The molecule has 33 heavy (non-hydrogen) atoms. The number of hydrogen-bond donors (Lipinski definition) is 0. The molecule has 8 heteroatoms. The number of carbonyl (C=O) groups excluding carboxylic acids is 1. The lowest BCUT2D eigenvalue weighted by Gasteiger charge is -2.19. The minimum absolute atomic E-state index is 0.0951. The zero-order valence-electron chi connectivity index (χ0n) is 17.8. The molecule has 6 nitrogen and oxygen atoms in total. The molecule has 0 radical (unpaired) electrons. The van der Waals surface area contributed by atoms with E-state index in [9.17, 15) is 17.6 Å². The van der Waals surface area contributed by atoms with E-state index in [1.54, 1.807) is 24.3 Å². The summed E-state index contributed by atoms with van der Waals surface area (Å²) in [7, 11) is -3.64. The second-order valence-corrected chi connectivity index (χ2v) is 10.0. The standard InChI is InChI=1S/C25H22FN3O3S/c26-20-10-12-21(13-11-20)29-17-19-6-1-2-9-23(19)24(29)27-25(30)18-7-5-8-22(16-18)33(31,32)28-14-3-4-15-28/h1-2,5-13,16H,3-4,14-15,17H2. The van der Waals surface area contributed by atoms with Crippen molar-refractivity contribution in [2.75, 3.05) is 18.0 Å². The van der Waals surface area contributed by atoms with Crippen LogP contribution in [-0.2, 0) is 16.6 Å². The molecule has 1 amide bonds. The molecule has 3 aromatic carbocycles. The van der Waals surface area contributed by atoms with Gasteiger partial charge in [-0.15, -0.1) is 0 Å². The van der Waals surface area contributed by atoms with E-state index in [0.717, 1.165) is 24.0 Å². The molecular weight excluding hydrogens is 441 g/mol. The number of nitrogens with zero attached hydrogens (tertiary/aromatic N) is 3. The van der Waals surface area contributed by atoms with Gasteiger partial charge in [-0.1, -0.05) is 30.3 Å². The van der Waals surface area contributed by atoms with Gasteiger partial charge in [0.1, 0.15) is 11.7 Å². The molecule has 168 valence electrons. The van der Waals surface area contributed by atoms with Crippen LogP contribution in [-0.4, -0.2) is 37.6 Å². The van der Waals surface area contributed by atoms with Crippen LogP contribution in [0.15, 0.2) is 82.7 Å². The molecule has 0 N–H and O–H groups in total. The molecule has 0 unspecified atom stereocenters. The van der Waals surface area contributed by atoms with Gasteiger partial charge >= 0.3 is 0 Å². The first-order valence-electron chi connectivity index (χ1n) is 10.8. The van der Waals surface area contributed by atoms with Crippen molar-refractivity contribution in [2.45, 2.75) is 24.3 Å². The van der Waals surface area contributed by atoms with E-state index in [-0.39, 0.29) is 16.3 Å². The highest BCUT2D eigenvalue weighted by Crippen LogP contribution is 2.29. The minimum atomic E-state index is -3.64. The number of amidine groups is 1. The molecule has 0 saturated carbocycles. The van der Waals surface area contributed by atoms with Gasteiger partial charge in [-0.25, -0.2) is 12.8 Å². The number of anilines is 1. The van der Waals surface area contributed by atoms with Crippen molar-refractivity contribution in [2.24, 2.45) is 4.99 Å². The summed E-state index contributed by atoms with van der Waals surface area (Å²) in [5.41, 5.74) is 2.73. The van der Waals surface area contributed by atoms with Gasteiger partial charge in [-0.3, -0.25) is 4.79 Å². The average Bonchev–Trinajstić information content (AvgIpc) is 3.49. The predicted octanol–water partition coefficient (Wildman–Crippen LogP) is 4.22. The van der Waals surface area contributed by atoms with Gasteiger partial charge in [0.25, 0.3) is 5.91 Å². The maximum absolute atomic E-state index is 13.5. The summed E-state index contributed by atoms with van der Waals surface area (Å²) in [5.74, 6) is -0.427. The van der Waals surface area contributed by atoms with Crippen molar-refractivity contribution < 1.29 is 17.6 Å². The Morgan fingerprint density at radius 1 is 0.909 bits per heavy atom. The Labute approximate surface area is 192 Å². The highest BCUT2D eigenvalue weighted by Gasteiger charge is 2.29. The smallest absolute Gasteiger partial charge is 0.279 e. The summed E-state index contributed by atoms with van der Waals surface area (Å²) >= 11 is 0. The largest absolute Gasteiger partial charge is 0.321 e. The molecule has 5 rings (SSSR count). The zero-order chi connectivity index (χ0) is 23.0. The molecule has 2 heterocycles. The number of amides is 1. The highest BCUT2D eigenvalue weighted by molar-refractivity contribution is 7.89. The van der Waals surface area contributed by atoms with E-state index >= 15 is 0 Å². The Hall–Kier alpha value is -3.36. The summed E-state index contributed by atoms with van der Waals surface area (Å²) in [6.45, 7) is 1.48. The number of halogens is 1. The fourth-order valence-corrected chi connectivity index (χ4v) is 5.81. The predicted molar refractivity (Wildman–Crippen MR) is 124 cm³/mol. The Balaban J connectivity index is 1.52. The third-order valence-corrected chi connectivity index (χ3v) is 7.87. The van der Waals surface area contributed by atoms with Crippen LogP contribution >= 0.6 is 0 Å². The summed E-state index contributed by atoms with van der Waals surface area (Å²) < 4.78 is 40.8. The van der Waals surface area contributed by atoms with E-state index in [4.69, 9.17) is 0 Å². The first-order valence-corrected chi connectivity index (χ1v) is 12.2. The lowest BCUT2D eigenvalue weighted by atomic mass is 10.1. The van der Waals surface area contributed by atoms with Crippen LogP contribution in [0, 0.1) is 5.82 Å². The van der Waals surface area contributed by atoms with Crippen LogP contribution in [0.4, 0.5) is 10.1 Å². The monoisotopic (exact) mass is 463 g/mol. The van der Waals surface area contributed by atoms with Crippen LogP contribution in [0.1, 0.15) is 34.3 Å². The van der Waals surface area contributed by atoms with Crippen molar-refractivity contribution in [3.63, 3.8) is 0 Å². The summed E-state index contributed by atoms with van der Waals surface area (Å²) in [6, 6.07) is 19.7. The first-order chi connectivity index (χ1) is 15.9. The lowest BCUT2D eigenvalue weighted by Crippen LogP contribution is -2.28. The maximum Gasteiger partial charge on any atom is 0.279 e. The molecule has 2 aliphatic rings. The summed E-state index contributed by atoms with van der Waals surface area (Å²) in [5, 5.41) is 0. The van der Waals surface area contributed by atoms with Crippen molar-refractivity contribution in [3.05, 3.63) is 95.3 Å². The third-order valence-electron chi connectivity index (χ3n) is 5.97. The van der Waals surface area contributed by atoms with Crippen LogP contribution in [0.2, 0.25) is 0 Å². The van der Waals surface area contributed by atoms with Gasteiger partial charge < -0.3 is 4.90 Å². The molecule has 0 spiro atoms. The Morgan fingerprint density at radius 3 is 2.39 bits per heavy atom. The van der Waals surface area contributed by atoms with Gasteiger partial charge in [0.05, 0.1) is 11.4 Å². The highest BCUT2D eigenvalue weighted by atomic mass is 32.2. The maximum atomic E-state index is 13.5. The minimum Gasteiger partial charge on any atom is -0.321 e. The number of hydrogen-bond acceptors (Lipinski definition) is 3. The van der Waals surface area contributed by atoms with Crippen LogP contribution in [0.5, 0.6) is 0 Å². The van der Waals surface area contributed by atoms with Crippen LogP contribution in [0.25, 0.3) is 0 Å². The molecule has 0 aliphatic carbocycles. The number of fused-ring (bicyclic) bond motifs is 1.